The van der Waals surface area contributed by atoms with E-state index in [0.717, 1.165) is 0 Å². The van der Waals surface area contributed by atoms with Gasteiger partial charge in [0.1, 0.15) is 0 Å². The average molecular weight is 223 g/mol. The molecule has 0 heterocycles. The van der Waals surface area contributed by atoms with Crippen LogP contribution in [0.4, 0.5) is 13.3 Å². The Morgan fingerprint density at radius 3 is 2.31 bits per heavy atom. The van der Waals surface area contributed by atoms with Crippen molar-refractivity contribution in [1.82, 2.24) is 5.06 Å². The highest BCUT2D eigenvalue weighted by Gasteiger charge is 2.20. The van der Waals surface area contributed by atoms with Gasteiger partial charge < -0.3 is 0 Å². The molecule has 0 saturated heterocycles. The molecular weight excluding hydrogens is 215 g/mol. The predicted molar refractivity (Wildman–Crippen MR) is 35.4 cm³/mol. The van der Waals surface area contributed by atoms with Crippen molar-refractivity contribution in [3.05, 3.63) is 0 Å². The van der Waals surface area contributed by atoms with Crippen LogP contribution in [0.3, 0.4) is 0 Å². The number of hydrogen-bond acceptors (Lipinski definition) is 5. The van der Waals surface area contributed by atoms with Crippen molar-refractivity contribution in [2.45, 2.75) is 13.3 Å². The molecule has 0 aromatic heterocycles. The Morgan fingerprint density at radius 2 is 2.00 bits per heavy atom. The molecule has 0 bridgehead atoms. The van der Waals surface area contributed by atoms with Crippen molar-refractivity contribution >= 4 is 10.4 Å². The fourth-order valence-electron chi connectivity index (χ4n) is 0.507. The summed E-state index contributed by atoms with van der Waals surface area (Å²) in [5, 5.41) is 0.361. The molecule has 0 rings (SSSR count). The predicted octanol–water partition coefficient (Wildman–Crippen LogP) is 0.651. The zero-order chi connectivity index (χ0) is 10.5. The van der Waals surface area contributed by atoms with E-state index >= 15 is 0 Å². The molecule has 0 aromatic carbocycles. The largest absolute Gasteiger partial charge is 0.446 e. The van der Waals surface area contributed by atoms with E-state index in [4.69, 9.17) is 0 Å². The van der Waals surface area contributed by atoms with Gasteiger partial charge in [0.15, 0.2) is 0 Å². The SMILES string of the molecule is CCN(CC(F)F)OS(=O)(=O)OF. The van der Waals surface area contributed by atoms with Gasteiger partial charge in [-0.1, -0.05) is 6.92 Å². The summed E-state index contributed by atoms with van der Waals surface area (Å²) < 4.78 is 61.3. The maximum Gasteiger partial charge on any atom is 0.446 e. The molecular formula is C4H8F3NO4S. The van der Waals surface area contributed by atoms with Crippen molar-refractivity contribution < 1.29 is 30.4 Å². The van der Waals surface area contributed by atoms with Gasteiger partial charge >= 0.3 is 10.4 Å². The minimum absolute atomic E-state index is 0.146. The quantitative estimate of drug-likeness (QED) is 0.619. The van der Waals surface area contributed by atoms with Crippen LogP contribution in [0, 0.1) is 0 Å². The number of hydrogen-bond donors (Lipinski definition) is 0. The first-order valence-corrected chi connectivity index (χ1v) is 4.52. The van der Waals surface area contributed by atoms with Crippen LogP contribution in [0.25, 0.3) is 0 Å². The van der Waals surface area contributed by atoms with Gasteiger partial charge in [-0.2, -0.15) is 17.8 Å². The molecule has 0 aliphatic rings. The maximum absolute atomic E-state index is 11.7. The van der Waals surface area contributed by atoms with Gasteiger partial charge in [-0.25, -0.2) is 8.78 Å². The van der Waals surface area contributed by atoms with E-state index in [1.54, 1.807) is 0 Å². The zero-order valence-corrected chi connectivity index (χ0v) is 7.43. The monoisotopic (exact) mass is 223 g/mol. The second-order valence-electron chi connectivity index (χ2n) is 1.92. The average Bonchev–Trinajstić information content (AvgIpc) is 2.02. The molecule has 0 atom stereocenters. The summed E-state index contributed by atoms with van der Waals surface area (Å²) in [6.07, 6.45) is -2.78. The lowest BCUT2D eigenvalue weighted by Gasteiger charge is -2.16. The van der Waals surface area contributed by atoms with E-state index in [1.807, 2.05) is 0 Å². The Morgan fingerprint density at radius 1 is 1.46 bits per heavy atom. The smallest absolute Gasteiger partial charge is 0.209 e. The summed E-state index contributed by atoms with van der Waals surface area (Å²) in [6.45, 7) is 0.266. The molecule has 0 amide bonds. The second-order valence-corrected chi connectivity index (χ2v) is 3.01. The summed E-state index contributed by atoms with van der Waals surface area (Å²) in [4.78, 5) is 0. The molecule has 13 heavy (non-hydrogen) atoms. The van der Waals surface area contributed by atoms with Crippen LogP contribution < -0.4 is 0 Å². The molecule has 0 N–H and O–H groups in total. The fourth-order valence-corrected chi connectivity index (χ4v) is 0.954. The lowest BCUT2D eigenvalue weighted by Crippen LogP contribution is -2.31. The first-order chi connectivity index (χ1) is 5.91. The van der Waals surface area contributed by atoms with Crippen LogP contribution in [0.2, 0.25) is 0 Å². The van der Waals surface area contributed by atoms with E-state index in [-0.39, 0.29) is 6.54 Å². The Bertz CT molecular complexity index is 232. The molecule has 9 heteroatoms. The van der Waals surface area contributed by atoms with Crippen LogP contribution in [-0.4, -0.2) is 33.0 Å². The normalized spacial score (nSPS) is 12.8. The molecule has 0 radical (unpaired) electrons. The number of alkyl halides is 2. The maximum atomic E-state index is 11.7. The summed E-state index contributed by atoms with van der Waals surface area (Å²) in [6, 6.07) is 0. The van der Waals surface area contributed by atoms with Crippen molar-refractivity contribution in [1.29, 1.82) is 0 Å². The van der Waals surface area contributed by atoms with Gasteiger partial charge in [0.25, 0.3) is 6.43 Å². The molecule has 0 saturated carbocycles. The number of halogens is 3. The molecule has 5 nitrogen and oxygen atoms in total. The Labute approximate surface area is 73.2 Å². The molecule has 0 aromatic rings. The van der Waals surface area contributed by atoms with E-state index in [1.165, 1.54) is 6.92 Å². The Kier molecular flexibility index (Phi) is 5.21. The second kappa shape index (κ2) is 5.37. The minimum atomic E-state index is -4.85. The van der Waals surface area contributed by atoms with Crippen LogP contribution in [0.5, 0.6) is 0 Å². The lowest BCUT2D eigenvalue weighted by molar-refractivity contribution is -0.116. The molecule has 0 aliphatic carbocycles. The third kappa shape index (κ3) is 5.80. The fraction of sp³-hybridized carbons (Fsp3) is 1.00. The van der Waals surface area contributed by atoms with Gasteiger partial charge in [-0.3, -0.25) is 0 Å². The molecule has 80 valence electrons. The van der Waals surface area contributed by atoms with Crippen LogP contribution in [0.1, 0.15) is 6.92 Å². The van der Waals surface area contributed by atoms with Gasteiger partial charge in [0, 0.05) is 6.54 Å². The number of nitrogens with zero attached hydrogens (tertiary/aromatic N) is 1. The lowest BCUT2D eigenvalue weighted by atomic mass is 10.6. The molecule has 0 aliphatic heterocycles. The van der Waals surface area contributed by atoms with Crippen LogP contribution in [-0.2, 0) is 19.1 Å². The molecule has 0 unspecified atom stereocenters. The van der Waals surface area contributed by atoms with Crippen molar-refractivity contribution in [3.8, 4) is 0 Å². The van der Waals surface area contributed by atoms with Gasteiger partial charge in [0.05, 0.1) is 6.54 Å². The van der Waals surface area contributed by atoms with Crippen molar-refractivity contribution in [2.75, 3.05) is 13.1 Å². The highest BCUT2D eigenvalue weighted by molar-refractivity contribution is 7.81. The molecule has 0 spiro atoms. The van der Waals surface area contributed by atoms with Gasteiger partial charge in [0.2, 0.25) is 0 Å². The first-order valence-electron chi connectivity index (χ1n) is 3.19. The molecule has 0 fully saturated rings. The third-order valence-corrected chi connectivity index (χ3v) is 1.52. The summed E-state index contributed by atoms with van der Waals surface area (Å²) >= 11 is 0. The standard InChI is InChI=1S/C4H8F3NO4S/c1-2-8(3-4(5)6)12-13(9,10)11-7/h4H,2-3H2,1H3. The number of hydroxylamine groups is 2. The highest BCUT2D eigenvalue weighted by atomic mass is 32.3. The van der Waals surface area contributed by atoms with E-state index < -0.39 is 23.4 Å². The summed E-state index contributed by atoms with van der Waals surface area (Å²) in [5.74, 6) is 0. The number of rotatable bonds is 6. The van der Waals surface area contributed by atoms with Crippen molar-refractivity contribution in [2.24, 2.45) is 0 Å². The van der Waals surface area contributed by atoms with Gasteiger partial charge in [-0.05, 0) is 8.91 Å². The van der Waals surface area contributed by atoms with Crippen LogP contribution >= 0.6 is 0 Å². The van der Waals surface area contributed by atoms with Gasteiger partial charge in [-0.15, -0.1) is 0 Å². The Hall–Kier alpha value is -0.380. The topological polar surface area (TPSA) is 55.8 Å². The van der Waals surface area contributed by atoms with E-state index in [2.05, 4.69) is 8.67 Å². The van der Waals surface area contributed by atoms with Crippen LogP contribution in [0.15, 0.2) is 0 Å². The zero-order valence-electron chi connectivity index (χ0n) is 6.61. The third-order valence-electron chi connectivity index (χ3n) is 0.968. The first kappa shape index (κ1) is 12.6. The highest BCUT2D eigenvalue weighted by Crippen LogP contribution is 2.04. The van der Waals surface area contributed by atoms with Crippen molar-refractivity contribution in [3.63, 3.8) is 0 Å². The van der Waals surface area contributed by atoms with E-state index in [0.29, 0.717) is 5.06 Å². The Balaban J connectivity index is 4.13. The summed E-state index contributed by atoms with van der Waals surface area (Å²) in [5.41, 5.74) is 0. The van der Waals surface area contributed by atoms with E-state index in [9.17, 15) is 21.7 Å². The summed E-state index contributed by atoms with van der Waals surface area (Å²) in [7, 11) is -4.85. The minimum Gasteiger partial charge on any atom is -0.209 e.